The average molecular weight is 553 g/mol. The third-order valence-electron chi connectivity index (χ3n) is 10.4. The first-order valence-corrected chi connectivity index (χ1v) is 15.7. The Morgan fingerprint density at radius 3 is 2.46 bits per heavy atom. The molecule has 5 aliphatic rings. The minimum Gasteiger partial charge on any atom is -0.350 e. The minimum absolute atomic E-state index is 0.00978. The van der Waals surface area contributed by atoms with Crippen molar-refractivity contribution in [3.63, 3.8) is 0 Å². The van der Waals surface area contributed by atoms with Crippen LogP contribution in [0.2, 0.25) is 0 Å². The molecule has 224 valence electrons. The number of carbonyl (C=O) groups is 1. The molecule has 6 unspecified atom stereocenters. The van der Waals surface area contributed by atoms with Crippen LogP contribution in [0.15, 0.2) is 0 Å². The normalized spacial score (nSPS) is 36.3. The maximum Gasteiger partial charge on any atom is 0.227 e. The summed E-state index contributed by atoms with van der Waals surface area (Å²) in [5.74, 6) is -0.144. The Hall–Kier alpha value is -0.920. The fourth-order valence-electron chi connectivity index (χ4n) is 8.16. The molecule has 4 aliphatic heterocycles. The van der Waals surface area contributed by atoms with Crippen LogP contribution in [0.5, 0.6) is 0 Å². The Morgan fingerprint density at radius 2 is 1.77 bits per heavy atom. The molecule has 4 saturated heterocycles. The fraction of sp³-hybridized carbons (Fsp3) is 0.964. The first-order valence-electron chi connectivity index (χ1n) is 15.7. The van der Waals surface area contributed by atoms with E-state index in [1.165, 1.54) is 25.7 Å². The fourth-order valence-corrected chi connectivity index (χ4v) is 8.16. The number of likely N-dealkylation sites (tertiary alicyclic amines) is 1. The number of rotatable bonds is 6. The number of hydroxylamine groups is 1. The van der Waals surface area contributed by atoms with Gasteiger partial charge in [-0.2, -0.15) is 5.48 Å². The quantitative estimate of drug-likeness (QED) is 0.236. The number of hydrogen-bond donors (Lipinski definition) is 7. The first kappa shape index (κ1) is 29.6. The lowest BCUT2D eigenvalue weighted by Crippen LogP contribution is -2.65. The molecule has 6 atom stereocenters. The Bertz CT molecular complexity index is 769. The number of carbonyl (C=O) groups excluding carboxylic acids is 1. The molecule has 9 N–H and O–H groups in total. The van der Waals surface area contributed by atoms with E-state index >= 15 is 0 Å². The predicted octanol–water partition coefficient (Wildman–Crippen LogP) is 0.634. The van der Waals surface area contributed by atoms with E-state index in [-0.39, 0.29) is 42.2 Å². The summed E-state index contributed by atoms with van der Waals surface area (Å²) >= 11 is 0. The second kappa shape index (κ2) is 13.8. The molecular weight excluding hydrogens is 499 g/mol. The number of alkyl halides is 1. The van der Waals surface area contributed by atoms with E-state index in [1.54, 1.807) is 0 Å². The highest BCUT2D eigenvalue weighted by Gasteiger charge is 2.43. The Labute approximate surface area is 233 Å². The van der Waals surface area contributed by atoms with E-state index in [1.807, 2.05) is 0 Å². The molecule has 5 rings (SSSR count). The summed E-state index contributed by atoms with van der Waals surface area (Å²) in [6.07, 6.45) is 11.1. The van der Waals surface area contributed by atoms with Crippen molar-refractivity contribution in [1.82, 2.24) is 31.6 Å². The van der Waals surface area contributed by atoms with Gasteiger partial charge >= 0.3 is 0 Å². The van der Waals surface area contributed by atoms with Crippen LogP contribution < -0.4 is 38.2 Å². The van der Waals surface area contributed by atoms with Gasteiger partial charge in [0.25, 0.3) is 0 Å². The summed E-state index contributed by atoms with van der Waals surface area (Å²) in [7, 11) is 0. The molecule has 4 heterocycles. The largest absolute Gasteiger partial charge is 0.350 e. The van der Waals surface area contributed by atoms with Gasteiger partial charge < -0.3 is 27.4 Å². The number of nitrogens with two attached hydrogens (primary N) is 2. The molecule has 10 nitrogen and oxygen atoms in total. The van der Waals surface area contributed by atoms with E-state index in [2.05, 4.69) is 31.6 Å². The van der Waals surface area contributed by atoms with Crippen molar-refractivity contribution in [3.05, 3.63) is 0 Å². The summed E-state index contributed by atoms with van der Waals surface area (Å²) in [6.45, 7) is 4.51. The van der Waals surface area contributed by atoms with Crippen molar-refractivity contribution in [2.75, 3.05) is 39.5 Å². The molecule has 11 heteroatoms. The number of hydrogen-bond acceptors (Lipinski definition) is 9. The van der Waals surface area contributed by atoms with Gasteiger partial charge in [0.15, 0.2) is 0 Å². The van der Waals surface area contributed by atoms with Crippen molar-refractivity contribution in [1.29, 1.82) is 0 Å². The number of halogens is 1. The van der Waals surface area contributed by atoms with E-state index < -0.39 is 18.3 Å². The maximum atomic E-state index is 14.8. The van der Waals surface area contributed by atoms with Gasteiger partial charge in [-0.15, -0.1) is 0 Å². The number of nitrogens with zero attached hydrogens (tertiary/aromatic N) is 1. The summed E-state index contributed by atoms with van der Waals surface area (Å²) in [6, 6.07) is 0.0470. The summed E-state index contributed by atoms with van der Waals surface area (Å²) < 4.78 is 14.8. The van der Waals surface area contributed by atoms with Crippen molar-refractivity contribution in [2.24, 2.45) is 28.7 Å². The molecule has 0 aromatic heterocycles. The second-order valence-electron chi connectivity index (χ2n) is 13.0. The molecular formula is C28H53FN8O2. The maximum absolute atomic E-state index is 14.8. The van der Waals surface area contributed by atoms with E-state index in [0.29, 0.717) is 19.1 Å². The Kier molecular flexibility index (Phi) is 10.5. The molecule has 5 fully saturated rings. The lowest BCUT2D eigenvalue weighted by Gasteiger charge is -2.45. The molecule has 0 bridgehead atoms. The highest BCUT2D eigenvalue weighted by Crippen LogP contribution is 2.45. The van der Waals surface area contributed by atoms with Crippen molar-refractivity contribution >= 4 is 5.91 Å². The van der Waals surface area contributed by atoms with Gasteiger partial charge in [0.05, 0.1) is 24.3 Å². The molecule has 1 aliphatic carbocycles. The summed E-state index contributed by atoms with van der Waals surface area (Å²) in [5, 5.41) is 13.7. The van der Waals surface area contributed by atoms with Crippen LogP contribution in [-0.4, -0.2) is 86.9 Å². The molecule has 0 aromatic carbocycles. The molecule has 1 amide bonds. The minimum atomic E-state index is -0.901. The van der Waals surface area contributed by atoms with Crippen LogP contribution in [0, 0.1) is 17.3 Å². The molecule has 0 aromatic rings. The third kappa shape index (κ3) is 7.48. The molecule has 1 spiro atoms. The van der Waals surface area contributed by atoms with Gasteiger partial charge in [-0.3, -0.25) is 19.8 Å². The van der Waals surface area contributed by atoms with Gasteiger partial charge in [-0.05, 0) is 82.3 Å². The first-order chi connectivity index (χ1) is 18.9. The van der Waals surface area contributed by atoms with E-state index in [4.69, 9.17) is 16.3 Å². The highest BCUT2D eigenvalue weighted by atomic mass is 19.1. The monoisotopic (exact) mass is 552 g/mol. The van der Waals surface area contributed by atoms with E-state index in [0.717, 1.165) is 71.1 Å². The van der Waals surface area contributed by atoms with Gasteiger partial charge in [-0.1, -0.05) is 25.7 Å². The van der Waals surface area contributed by atoms with Crippen LogP contribution in [0.25, 0.3) is 0 Å². The van der Waals surface area contributed by atoms with Crippen LogP contribution in [0.4, 0.5) is 4.39 Å². The standard InChI is InChI=1S/C28H53FN8O2/c29-20-5-11-28(9-3-1-2-4-10-28)15-21(33-16-20)24(25(30)31)27(38)35-22-17-32-12-6-23(22)37-13-7-19(8-14-37)26-34-18-39-36-26/h19-26,32-34,36H,1-18,30-31H2,(H,35,38). The topological polar surface area (TPSA) is 142 Å². The predicted molar refractivity (Wildman–Crippen MR) is 150 cm³/mol. The highest BCUT2D eigenvalue weighted by molar-refractivity contribution is 5.80. The SMILES string of the molecule is NC(N)C(C(=O)NC1CNCCC1N1CCC(C2NCON2)CC1)C1CC2(CCCCCC2)CCC(F)CN1. The smallest absolute Gasteiger partial charge is 0.227 e. The van der Waals surface area contributed by atoms with Crippen molar-refractivity contribution in [2.45, 2.75) is 114 Å². The summed E-state index contributed by atoms with van der Waals surface area (Å²) in [4.78, 5) is 21.8. The van der Waals surface area contributed by atoms with Crippen LogP contribution in [0.1, 0.15) is 77.0 Å². The van der Waals surface area contributed by atoms with Gasteiger partial charge in [0, 0.05) is 25.2 Å². The zero-order valence-electron chi connectivity index (χ0n) is 23.6. The molecule has 39 heavy (non-hydrogen) atoms. The molecule has 1 saturated carbocycles. The molecule has 0 radical (unpaired) electrons. The van der Waals surface area contributed by atoms with Gasteiger partial charge in [0.2, 0.25) is 5.91 Å². The Balaban J connectivity index is 1.25. The van der Waals surface area contributed by atoms with Crippen molar-refractivity contribution in [3.8, 4) is 0 Å². The zero-order chi connectivity index (χ0) is 27.2. The number of nitrogens with one attached hydrogen (secondary N) is 5. The third-order valence-corrected chi connectivity index (χ3v) is 10.4. The lowest BCUT2D eigenvalue weighted by atomic mass is 9.68. The lowest BCUT2D eigenvalue weighted by molar-refractivity contribution is -0.128. The van der Waals surface area contributed by atoms with E-state index in [9.17, 15) is 9.18 Å². The average Bonchev–Trinajstić information content (AvgIpc) is 3.37. The van der Waals surface area contributed by atoms with Gasteiger partial charge in [-0.25, -0.2) is 4.39 Å². The van der Waals surface area contributed by atoms with Crippen LogP contribution >= 0.6 is 0 Å². The Morgan fingerprint density at radius 1 is 1.00 bits per heavy atom. The second-order valence-corrected chi connectivity index (χ2v) is 13.0. The van der Waals surface area contributed by atoms with Crippen molar-refractivity contribution < 1.29 is 14.0 Å². The van der Waals surface area contributed by atoms with Crippen LogP contribution in [0.3, 0.4) is 0 Å². The summed E-state index contributed by atoms with van der Waals surface area (Å²) in [5.41, 5.74) is 15.8. The zero-order valence-corrected chi connectivity index (χ0v) is 23.6. The van der Waals surface area contributed by atoms with Gasteiger partial charge in [0.1, 0.15) is 12.9 Å². The number of amides is 1. The number of piperidine rings is 2. The van der Waals surface area contributed by atoms with Crippen LogP contribution in [-0.2, 0) is 9.63 Å².